The molecule has 2 fully saturated rings. The number of nitrogens with zero attached hydrogens (tertiary/aromatic N) is 3. The van der Waals surface area contributed by atoms with Crippen molar-refractivity contribution in [2.24, 2.45) is 0 Å². The van der Waals surface area contributed by atoms with E-state index in [1.807, 2.05) is 12.3 Å². The number of ether oxygens (including phenoxy) is 1. The summed E-state index contributed by atoms with van der Waals surface area (Å²) in [5, 5.41) is 0. The molecule has 1 atom stereocenters. The fourth-order valence-electron chi connectivity index (χ4n) is 3.06. The standard InChI is InChI=1S/C15H22IN3O/c1-12(16)18-7-8-19(15(11-18)5-6-15)10-13-3-4-14(20-2)17-9-13/h3-4,9,12H,5-8,10-11H2,1-2H3. The molecule has 1 saturated heterocycles. The van der Waals surface area contributed by atoms with E-state index in [2.05, 4.69) is 50.4 Å². The molecule has 0 N–H and O–H groups in total. The third-order valence-corrected chi connectivity index (χ3v) is 5.32. The van der Waals surface area contributed by atoms with E-state index >= 15 is 0 Å². The van der Waals surface area contributed by atoms with Gasteiger partial charge in [-0.25, -0.2) is 4.98 Å². The molecule has 2 heterocycles. The number of piperazine rings is 1. The second kappa shape index (κ2) is 5.77. The van der Waals surface area contributed by atoms with Crippen molar-refractivity contribution in [3.63, 3.8) is 0 Å². The summed E-state index contributed by atoms with van der Waals surface area (Å²) in [6, 6.07) is 4.09. The molecule has 1 aromatic rings. The maximum absolute atomic E-state index is 5.12. The van der Waals surface area contributed by atoms with Crippen molar-refractivity contribution in [2.45, 2.75) is 35.9 Å². The molecule has 1 aromatic heterocycles. The summed E-state index contributed by atoms with van der Waals surface area (Å²) in [5.41, 5.74) is 1.73. The fourth-order valence-corrected chi connectivity index (χ4v) is 3.53. The summed E-state index contributed by atoms with van der Waals surface area (Å²) in [5.74, 6) is 0.693. The first kappa shape index (κ1) is 14.5. The maximum atomic E-state index is 5.12. The highest BCUT2D eigenvalue weighted by molar-refractivity contribution is 14.1. The molecule has 20 heavy (non-hydrogen) atoms. The van der Waals surface area contributed by atoms with Crippen molar-refractivity contribution in [2.75, 3.05) is 26.7 Å². The zero-order chi connectivity index (χ0) is 14.2. The molecule has 1 aliphatic carbocycles. The van der Waals surface area contributed by atoms with E-state index in [4.69, 9.17) is 4.74 Å². The van der Waals surface area contributed by atoms with Crippen LogP contribution >= 0.6 is 22.6 Å². The molecule has 0 amide bonds. The molecule has 0 radical (unpaired) electrons. The first-order valence-corrected chi connectivity index (χ1v) is 8.50. The molecular formula is C15H22IN3O. The van der Waals surface area contributed by atoms with E-state index in [0.29, 0.717) is 15.5 Å². The molecular weight excluding hydrogens is 365 g/mol. The van der Waals surface area contributed by atoms with Crippen molar-refractivity contribution in [3.8, 4) is 5.88 Å². The van der Waals surface area contributed by atoms with E-state index in [-0.39, 0.29) is 0 Å². The quantitative estimate of drug-likeness (QED) is 0.451. The molecule has 2 aliphatic rings. The van der Waals surface area contributed by atoms with E-state index in [0.717, 1.165) is 6.54 Å². The van der Waals surface area contributed by atoms with Crippen LogP contribution in [0.25, 0.3) is 0 Å². The molecule has 1 saturated carbocycles. The zero-order valence-corrected chi connectivity index (χ0v) is 14.3. The van der Waals surface area contributed by atoms with Crippen LogP contribution in [-0.4, -0.2) is 51.1 Å². The summed E-state index contributed by atoms with van der Waals surface area (Å²) < 4.78 is 5.75. The number of pyridine rings is 1. The number of hydrogen-bond donors (Lipinski definition) is 0. The highest BCUT2D eigenvalue weighted by atomic mass is 127. The van der Waals surface area contributed by atoms with Crippen LogP contribution in [0, 0.1) is 0 Å². The van der Waals surface area contributed by atoms with Crippen LogP contribution in [0.15, 0.2) is 18.3 Å². The minimum Gasteiger partial charge on any atom is -0.481 e. The number of aromatic nitrogens is 1. The Morgan fingerprint density at radius 1 is 1.40 bits per heavy atom. The number of alkyl halides is 1. The van der Waals surface area contributed by atoms with Gasteiger partial charge in [-0.05, 0) is 25.3 Å². The summed E-state index contributed by atoms with van der Waals surface area (Å²) in [4.78, 5) is 9.58. The van der Waals surface area contributed by atoms with Crippen molar-refractivity contribution in [1.82, 2.24) is 14.8 Å². The molecule has 5 heteroatoms. The SMILES string of the molecule is COc1ccc(CN2CCN(C(C)I)CC23CC3)cn1. The van der Waals surface area contributed by atoms with Gasteiger partial charge in [-0.3, -0.25) is 9.80 Å². The van der Waals surface area contributed by atoms with Gasteiger partial charge in [0.1, 0.15) is 0 Å². The number of methoxy groups -OCH3 is 1. The second-order valence-corrected chi connectivity index (χ2v) is 7.70. The molecule has 4 nitrogen and oxygen atoms in total. The predicted molar refractivity (Wildman–Crippen MR) is 88.2 cm³/mol. The van der Waals surface area contributed by atoms with Gasteiger partial charge in [0, 0.05) is 44.0 Å². The van der Waals surface area contributed by atoms with Gasteiger partial charge in [0.15, 0.2) is 0 Å². The van der Waals surface area contributed by atoms with E-state index in [1.165, 1.54) is 38.0 Å². The topological polar surface area (TPSA) is 28.6 Å². The molecule has 1 aliphatic heterocycles. The molecule has 0 aromatic carbocycles. The van der Waals surface area contributed by atoms with Gasteiger partial charge in [-0.2, -0.15) is 0 Å². The predicted octanol–water partition coefficient (Wildman–Crippen LogP) is 2.52. The number of rotatable bonds is 4. The Morgan fingerprint density at radius 3 is 2.75 bits per heavy atom. The lowest BCUT2D eigenvalue weighted by molar-refractivity contribution is 0.0527. The Morgan fingerprint density at radius 2 is 2.20 bits per heavy atom. The summed E-state index contributed by atoms with van der Waals surface area (Å²) >= 11 is 2.53. The van der Waals surface area contributed by atoms with Crippen LogP contribution in [0.1, 0.15) is 25.3 Å². The van der Waals surface area contributed by atoms with Gasteiger partial charge in [0.2, 0.25) is 5.88 Å². The van der Waals surface area contributed by atoms with Crippen molar-refractivity contribution in [3.05, 3.63) is 23.9 Å². The smallest absolute Gasteiger partial charge is 0.212 e. The van der Waals surface area contributed by atoms with E-state index in [1.54, 1.807) is 7.11 Å². The molecule has 1 unspecified atom stereocenters. The lowest BCUT2D eigenvalue weighted by Crippen LogP contribution is -2.55. The Labute approximate surface area is 134 Å². The second-order valence-electron chi connectivity index (χ2n) is 5.90. The molecule has 3 rings (SSSR count). The van der Waals surface area contributed by atoms with Crippen LogP contribution in [0.5, 0.6) is 5.88 Å². The summed E-state index contributed by atoms with van der Waals surface area (Å²) in [6.45, 7) is 6.87. The lowest BCUT2D eigenvalue weighted by Gasteiger charge is -2.43. The van der Waals surface area contributed by atoms with Gasteiger partial charge in [0.05, 0.1) is 11.2 Å². The zero-order valence-electron chi connectivity index (χ0n) is 12.2. The fraction of sp³-hybridized carbons (Fsp3) is 0.667. The largest absolute Gasteiger partial charge is 0.481 e. The Bertz CT molecular complexity index is 459. The highest BCUT2D eigenvalue weighted by Gasteiger charge is 2.51. The monoisotopic (exact) mass is 387 g/mol. The van der Waals surface area contributed by atoms with Gasteiger partial charge < -0.3 is 4.74 Å². The van der Waals surface area contributed by atoms with Gasteiger partial charge in [-0.1, -0.05) is 28.7 Å². The Balaban J connectivity index is 1.66. The van der Waals surface area contributed by atoms with Crippen molar-refractivity contribution >= 4 is 22.6 Å². The third-order valence-electron chi connectivity index (χ3n) is 4.54. The summed E-state index contributed by atoms with van der Waals surface area (Å²) in [6.07, 6.45) is 4.63. The number of hydrogen-bond acceptors (Lipinski definition) is 4. The van der Waals surface area contributed by atoms with Crippen LogP contribution in [-0.2, 0) is 6.54 Å². The van der Waals surface area contributed by atoms with Crippen molar-refractivity contribution < 1.29 is 4.74 Å². The van der Waals surface area contributed by atoms with Crippen molar-refractivity contribution in [1.29, 1.82) is 0 Å². The minimum atomic E-state index is 0.442. The minimum absolute atomic E-state index is 0.442. The third kappa shape index (κ3) is 2.94. The van der Waals surface area contributed by atoms with Crippen LogP contribution in [0.2, 0.25) is 0 Å². The normalized spacial score (nSPS) is 23.8. The Kier molecular flexibility index (Phi) is 4.19. The van der Waals surface area contributed by atoms with E-state index < -0.39 is 0 Å². The molecule has 110 valence electrons. The lowest BCUT2D eigenvalue weighted by atomic mass is 10.1. The number of halogens is 1. The highest BCUT2D eigenvalue weighted by Crippen LogP contribution is 2.45. The first-order valence-electron chi connectivity index (χ1n) is 7.25. The summed E-state index contributed by atoms with van der Waals surface area (Å²) in [7, 11) is 1.66. The van der Waals surface area contributed by atoms with Crippen LogP contribution < -0.4 is 4.74 Å². The van der Waals surface area contributed by atoms with Gasteiger partial charge in [-0.15, -0.1) is 0 Å². The maximum Gasteiger partial charge on any atom is 0.212 e. The first-order chi connectivity index (χ1) is 9.63. The Hall–Kier alpha value is -0.400. The molecule has 1 spiro atoms. The average Bonchev–Trinajstić information content (AvgIpc) is 3.22. The average molecular weight is 387 g/mol. The van der Waals surface area contributed by atoms with Gasteiger partial charge >= 0.3 is 0 Å². The van der Waals surface area contributed by atoms with Gasteiger partial charge in [0.25, 0.3) is 0 Å². The van der Waals surface area contributed by atoms with Crippen LogP contribution in [0.4, 0.5) is 0 Å². The van der Waals surface area contributed by atoms with E-state index in [9.17, 15) is 0 Å². The van der Waals surface area contributed by atoms with Crippen LogP contribution in [0.3, 0.4) is 0 Å². The molecule has 0 bridgehead atoms.